The molecule has 2 aliphatic rings. The maximum absolute atomic E-state index is 12.5. The van der Waals surface area contributed by atoms with Crippen LogP contribution in [0.5, 0.6) is 0 Å². The van der Waals surface area contributed by atoms with Crippen LogP contribution in [0, 0.1) is 0 Å². The van der Waals surface area contributed by atoms with E-state index in [4.69, 9.17) is 0 Å². The molecule has 0 spiro atoms. The van der Waals surface area contributed by atoms with E-state index in [1.165, 1.54) is 12.0 Å². The first-order valence-corrected chi connectivity index (χ1v) is 8.05. The van der Waals surface area contributed by atoms with Gasteiger partial charge in [0.25, 0.3) is 5.91 Å². The van der Waals surface area contributed by atoms with Gasteiger partial charge in [-0.2, -0.15) is 5.10 Å². The molecule has 0 bridgehead atoms. The fourth-order valence-corrected chi connectivity index (χ4v) is 3.43. The number of hydrogen-bond donors (Lipinski definition) is 2. The van der Waals surface area contributed by atoms with Crippen LogP contribution in [0.25, 0.3) is 0 Å². The first kappa shape index (κ1) is 13.5. The molecule has 1 amide bonds. The molecule has 0 fully saturated rings. The Kier molecular flexibility index (Phi) is 3.40. The highest BCUT2D eigenvalue weighted by molar-refractivity contribution is 5.91. The van der Waals surface area contributed by atoms with Crippen LogP contribution in [0.3, 0.4) is 0 Å². The van der Waals surface area contributed by atoms with Crippen LogP contribution in [-0.2, 0) is 25.8 Å². The molecule has 7 nitrogen and oxygen atoms in total. The maximum Gasteiger partial charge on any atom is 0.289 e. The second kappa shape index (κ2) is 5.55. The number of aryl methyl sites for hydroxylation is 2. The first-order chi connectivity index (χ1) is 10.8. The average molecular weight is 300 g/mol. The van der Waals surface area contributed by atoms with Gasteiger partial charge in [-0.15, -0.1) is 10.2 Å². The number of rotatable bonds is 2. The lowest BCUT2D eigenvalue weighted by atomic mass is 9.94. The van der Waals surface area contributed by atoms with Gasteiger partial charge in [-0.25, -0.2) is 0 Å². The number of nitrogens with one attached hydrogen (secondary N) is 2. The zero-order valence-corrected chi connectivity index (χ0v) is 12.5. The molecule has 4 rings (SSSR count). The number of nitrogens with zero attached hydrogens (tertiary/aromatic N) is 4. The van der Waals surface area contributed by atoms with Crippen LogP contribution >= 0.6 is 0 Å². The summed E-state index contributed by atoms with van der Waals surface area (Å²) in [6.45, 7) is 0.848. The summed E-state index contributed by atoms with van der Waals surface area (Å²) in [7, 11) is 0. The first-order valence-electron chi connectivity index (χ1n) is 8.05. The SMILES string of the molecule is O=C(N[C@H]1CCc2cn[nH]c2C1)c1nnc2n1CCCCC2. The third-order valence-electron chi connectivity index (χ3n) is 4.67. The third-order valence-corrected chi connectivity index (χ3v) is 4.67. The van der Waals surface area contributed by atoms with Crippen LogP contribution in [-0.4, -0.2) is 36.9 Å². The molecule has 116 valence electrons. The highest BCUT2D eigenvalue weighted by atomic mass is 16.2. The average Bonchev–Trinajstić information content (AvgIpc) is 3.08. The van der Waals surface area contributed by atoms with E-state index in [2.05, 4.69) is 25.7 Å². The molecule has 1 aliphatic heterocycles. The van der Waals surface area contributed by atoms with Crippen LogP contribution in [0.2, 0.25) is 0 Å². The van der Waals surface area contributed by atoms with Crippen LogP contribution < -0.4 is 5.32 Å². The molecule has 2 N–H and O–H groups in total. The van der Waals surface area contributed by atoms with E-state index in [0.29, 0.717) is 5.82 Å². The minimum atomic E-state index is -0.103. The molecule has 0 unspecified atom stereocenters. The van der Waals surface area contributed by atoms with Gasteiger partial charge in [-0.05, 0) is 31.2 Å². The predicted octanol–water partition coefficient (Wildman–Crippen LogP) is 1.01. The van der Waals surface area contributed by atoms with Crippen molar-refractivity contribution in [2.45, 2.75) is 57.5 Å². The normalized spacial score (nSPS) is 20.8. The van der Waals surface area contributed by atoms with Gasteiger partial charge in [0, 0.05) is 31.1 Å². The lowest BCUT2D eigenvalue weighted by Crippen LogP contribution is -2.40. The van der Waals surface area contributed by atoms with Gasteiger partial charge in [0.2, 0.25) is 5.82 Å². The second-order valence-corrected chi connectivity index (χ2v) is 6.19. The van der Waals surface area contributed by atoms with Crippen molar-refractivity contribution in [3.8, 4) is 0 Å². The molecule has 2 aromatic rings. The molecule has 0 saturated heterocycles. The molecule has 0 aromatic carbocycles. The molecule has 3 heterocycles. The molecule has 0 saturated carbocycles. The number of amides is 1. The van der Waals surface area contributed by atoms with Gasteiger partial charge in [0.05, 0.1) is 6.20 Å². The molecular weight excluding hydrogens is 280 g/mol. The number of aromatic amines is 1. The zero-order chi connectivity index (χ0) is 14.9. The van der Waals surface area contributed by atoms with Crippen LogP contribution in [0.15, 0.2) is 6.20 Å². The van der Waals surface area contributed by atoms with Gasteiger partial charge in [-0.3, -0.25) is 9.89 Å². The van der Waals surface area contributed by atoms with E-state index < -0.39 is 0 Å². The maximum atomic E-state index is 12.5. The lowest BCUT2D eigenvalue weighted by Gasteiger charge is -2.22. The van der Waals surface area contributed by atoms with Crippen molar-refractivity contribution in [2.75, 3.05) is 0 Å². The third kappa shape index (κ3) is 2.40. The van der Waals surface area contributed by atoms with E-state index in [0.717, 1.165) is 56.6 Å². The Labute approximate surface area is 128 Å². The van der Waals surface area contributed by atoms with Gasteiger partial charge in [-0.1, -0.05) is 6.42 Å². The van der Waals surface area contributed by atoms with Crippen molar-refractivity contribution in [1.82, 2.24) is 30.3 Å². The number of carbonyl (C=O) groups is 1. The van der Waals surface area contributed by atoms with Crippen molar-refractivity contribution >= 4 is 5.91 Å². The zero-order valence-electron chi connectivity index (χ0n) is 12.5. The summed E-state index contributed by atoms with van der Waals surface area (Å²) < 4.78 is 1.99. The molecular formula is C15H20N6O. The summed E-state index contributed by atoms with van der Waals surface area (Å²) in [5.74, 6) is 1.31. The van der Waals surface area contributed by atoms with Crippen molar-refractivity contribution < 1.29 is 4.79 Å². The second-order valence-electron chi connectivity index (χ2n) is 6.19. The molecule has 1 aliphatic carbocycles. The van der Waals surface area contributed by atoms with Crippen molar-refractivity contribution in [1.29, 1.82) is 0 Å². The lowest BCUT2D eigenvalue weighted by molar-refractivity contribution is 0.0917. The Morgan fingerprint density at radius 3 is 3.18 bits per heavy atom. The largest absolute Gasteiger partial charge is 0.346 e. The number of hydrogen-bond acceptors (Lipinski definition) is 4. The van der Waals surface area contributed by atoms with Gasteiger partial charge >= 0.3 is 0 Å². The predicted molar refractivity (Wildman–Crippen MR) is 79.4 cm³/mol. The Bertz CT molecular complexity index is 688. The van der Waals surface area contributed by atoms with E-state index in [1.807, 2.05) is 10.8 Å². The number of H-pyrrole nitrogens is 1. The Balaban J connectivity index is 1.48. The monoisotopic (exact) mass is 300 g/mol. The van der Waals surface area contributed by atoms with Crippen molar-refractivity contribution in [3.63, 3.8) is 0 Å². The Morgan fingerprint density at radius 2 is 2.23 bits per heavy atom. The van der Waals surface area contributed by atoms with E-state index in [9.17, 15) is 4.79 Å². The minimum absolute atomic E-state index is 0.103. The highest BCUT2D eigenvalue weighted by Crippen LogP contribution is 2.19. The van der Waals surface area contributed by atoms with Crippen LogP contribution in [0.4, 0.5) is 0 Å². The molecule has 22 heavy (non-hydrogen) atoms. The van der Waals surface area contributed by atoms with Gasteiger partial charge in [0.15, 0.2) is 0 Å². The van der Waals surface area contributed by atoms with E-state index >= 15 is 0 Å². The highest BCUT2D eigenvalue weighted by Gasteiger charge is 2.25. The summed E-state index contributed by atoms with van der Waals surface area (Å²) in [6, 6.07) is 0.138. The fourth-order valence-electron chi connectivity index (χ4n) is 3.43. The standard InChI is InChI=1S/C15H20N6O/c22-15(14-20-19-13-4-2-1-3-7-21(13)14)17-11-6-5-10-9-16-18-12(10)8-11/h9,11H,1-8H2,(H,16,18)(H,17,22)/t11-/m0/s1. The summed E-state index contributed by atoms with van der Waals surface area (Å²) in [4.78, 5) is 12.5. The number of aromatic nitrogens is 5. The van der Waals surface area contributed by atoms with Crippen LogP contribution in [0.1, 0.15) is 53.4 Å². The Morgan fingerprint density at radius 1 is 1.27 bits per heavy atom. The van der Waals surface area contributed by atoms with E-state index in [-0.39, 0.29) is 11.9 Å². The van der Waals surface area contributed by atoms with E-state index in [1.54, 1.807) is 0 Å². The van der Waals surface area contributed by atoms with Crippen molar-refractivity contribution in [2.24, 2.45) is 0 Å². The summed E-state index contributed by atoms with van der Waals surface area (Å²) in [6.07, 6.45) is 8.91. The summed E-state index contributed by atoms with van der Waals surface area (Å²) in [5.41, 5.74) is 2.40. The molecule has 7 heteroatoms. The quantitative estimate of drug-likeness (QED) is 0.866. The summed E-state index contributed by atoms with van der Waals surface area (Å²) >= 11 is 0. The number of carbonyl (C=O) groups excluding carboxylic acids is 1. The van der Waals surface area contributed by atoms with Gasteiger partial charge < -0.3 is 9.88 Å². The van der Waals surface area contributed by atoms with Crippen molar-refractivity contribution in [3.05, 3.63) is 29.1 Å². The topological polar surface area (TPSA) is 88.5 Å². The number of fused-ring (bicyclic) bond motifs is 2. The molecule has 2 aromatic heterocycles. The molecule has 1 atom stereocenters. The smallest absolute Gasteiger partial charge is 0.289 e. The Hall–Kier alpha value is -2.18. The molecule has 0 radical (unpaired) electrons. The summed E-state index contributed by atoms with van der Waals surface area (Å²) in [5, 5.41) is 18.5. The van der Waals surface area contributed by atoms with Gasteiger partial charge in [0.1, 0.15) is 5.82 Å². The fraction of sp³-hybridized carbons (Fsp3) is 0.600. The minimum Gasteiger partial charge on any atom is -0.346 e.